The number of methoxy groups -OCH3 is 1. The van der Waals surface area contributed by atoms with E-state index in [-0.39, 0.29) is 5.69 Å². The number of ether oxygens (including phenoxy) is 1. The van der Waals surface area contributed by atoms with Crippen molar-refractivity contribution in [3.05, 3.63) is 46.5 Å². The van der Waals surface area contributed by atoms with Crippen LogP contribution < -0.4 is 19.9 Å². The average molecular weight is 416 g/mol. The van der Waals surface area contributed by atoms with Crippen LogP contribution in [0.2, 0.25) is 0 Å². The second kappa shape index (κ2) is 7.38. The topological polar surface area (TPSA) is 171 Å². The standard InChI is InChI=1S/C14H16N4O7S2/c1-25-14-7-9(15)3-5-12(14)16-11-6-4-10(8-13(11)18(19)20)27(23,24)17-26(2,21)22/h3-8,16-17H,15H2,1-2H3. The van der Waals surface area contributed by atoms with Gasteiger partial charge in [0.1, 0.15) is 11.4 Å². The molecule has 2 aromatic carbocycles. The molecule has 0 radical (unpaired) electrons. The molecule has 0 saturated carbocycles. The molecule has 2 rings (SSSR count). The zero-order valence-corrected chi connectivity index (χ0v) is 15.8. The van der Waals surface area contributed by atoms with E-state index in [4.69, 9.17) is 10.5 Å². The van der Waals surface area contributed by atoms with Gasteiger partial charge in [-0.05, 0) is 24.3 Å². The molecule has 0 amide bonds. The summed E-state index contributed by atoms with van der Waals surface area (Å²) in [6.07, 6.45) is 0.655. The summed E-state index contributed by atoms with van der Waals surface area (Å²) < 4.78 is 53.1. The summed E-state index contributed by atoms with van der Waals surface area (Å²) in [5.74, 6) is 0.319. The summed E-state index contributed by atoms with van der Waals surface area (Å²) in [4.78, 5) is 9.99. The summed E-state index contributed by atoms with van der Waals surface area (Å²) in [5.41, 5.74) is 5.83. The monoisotopic (exact) mass is 416 g/mol. The van der Waals surface area contributed by atoms with E-state index >= 15 is 0 Å². The Balaban J connectivity index is 2.50. The molecular weight excluding hydrogens is 400 g/mol. The fourth-order valence-electron chi connectivity index (χ4n) is 2.14. The molecule has 13 heteroatoms. The number of nitrogens with two attached hydrogens (primary N) is 1. The van der Waals surface area contributed by atoms with E-state index in [1.165, 1.54) is 23.4 Å². The van der Waals surface area contributed by atoms with Crippen molar-refractivity contribution in [1.29, 1.82) is 0 Å². The van der Waals surface area contributed by atoms with E-state index in [0.29, 0.717) is 23.4 Å². The first-order chi connectivity index (χ1) is 12.4. The molecule has 146 valence electrons. The number of sulfonamides is 2. The Hall–Kier alpha value is -2.90. The van der Waals surface area contributed by atoms with Gasteiger partial charge in [0.15, 0.2) is 0 Å². The van der Waals surface area contributed by atoms with E-state index in [1.807, 2.05) is 0 Å². The Morgan fingerprint density at radius 1 is 1.07 bits per heavy atom. The first-order valence-electron chi connectivity index (χ1n) is 7.15. The number of hydrogen-bond donors (Lipinski definition) is 3. The van der Waals surface area contributed by atoms with Crippen molar-refractivity contribution in [3.63, 3.8) is 0 Å². The maximum Gasteiger partial charge on any atom is 0.294 e. The lowest BCUT2D eigenvalue weighted by molar-refractivity contribution is -0.384. The van der Waals surface area contributed by atoms with Gasteiger partial charge in [0.05, 0.1) is 28.9 Å². The molecule has 0 atom stereocenters. The number of nitrogens with zero attached hydrogens (tertiary/aromatic N) is 1. The Morgan fingerprint density at radius 2 is 1.70 bits per heavy atom. The molecule has 11 nitrogen and oxygen atoms in total. The van der Waals surface area contributed by atoms with Crippen molar-refractivity contribution >= 4 is 42.8 Å². The molecular formula is C14H16N4O7S2. The third-order valence-electron chi connectivity index (χ3n) is 3.23. The normalized spacial score (nSPS) is 11.8. The van der Waals surface area contributed by atoms with Crippen LogP contribution in [0.3, 0.4) is 0 Å². The van der Waals surface area contributed by atoms with Gasteiger partial charge in [0, 0.05) is 17.8 Å². The maximum atomic E-state index is 12.1. The lowest BCUT2D eigenvalue weighted by Crippen LogP contribution is -2.29. The van der Waals surface area contributed by atoms with Gasteiger partial charge in [-0.3, -0.25) is 10.1 Å². The fourth-order valence-corrected chi connectivity index (χ4v) is 4.63. The zero-order chi connectivity index (χ0) is 20.4. The summed E-state index contributed by atoms with van der Waals surface area (Å²) in [6.45, 7) is 0. The molecule has 2 aromatic rings. The Bertz CT molecular complexity index is 1100. The van der Waals surface area contributed by atoms with Crippen molar-refractivity contribution in [2.75, 3.05) is 24.4 Å². The molecule has 0 aliphatic carbocycles. The predicted molar refractivity (Wildman–Crippen MR) is 99.0 cm³/mol. The highest BCUT2D eigenvalue weighted by molar-refractivity contribution is 8.04. The lowest BCUT2D eigenvalue weighted by Gasteiger charge is -2.13. The van der Waals surface area contributed by atoms with Crippen LogP contribution in [0, 0.1) is 10.1 Å². The minimum Gasteiger partial charge on any atom is -0.494 e. The minimum atomic E-state index is -4.49. The van der Waals surface area contributed by atoms with Gasteiger partial charge < -0.3 is 15.8 Å². The van der Waals surface area contributed by atoms with Crippen molar-refractivity contribution in [1.82, 2.24) is 4.13 Å². The van der Waals surface area contributed by atoms with E-state index in [1.54, 1.807) is 6.07 Å². The Morgan fingerprint density at radius 3 is 2.26 bits per heavy atom. The second-order valence-electron chi connectivity index (χ2n) is 5.38. The molecule has 0 fully saturated rings. The van der Waals surface area contributed by atoms with Crippen LogP contribution in [0.4, 0.5) is 22.7 Å². The van der Waals surface area contributed by atoms with Crippen LogP contribution in [0.5, 0.6) is 5.75 Å². The molecule has 0 saturated heterocycles. The van der Waals surface area contributed by atoms with E-state index < -0.39 is 35.6 Å². The maximum absolute atomic E-state index is 12.1. The lowest BCUT2D eigenvalue weighted by atomic mass is 10.2. The van der Waals surface area contributed by atoms with Gasteiger partial charge in [-0.15, -0.1) is 4.13 Å². The summed E-state index contributed by atoms with van der Waals surface area (Å²) in [5, 5.41) is 14.1. The molecule has 0 heterocycles. The van der Waals surface area contributed by atoms with Crippen molar-refractivity contribution in [2.24, 2.45) is 0 Å². The van der Waals surface area contributed by atoms with E-state index in [9.17, 15) is 26.9 Å². The number of hydrogen-bond acceptors (Lipinski definition) is 9. The van der Waals surface area contributed by atoms with Crippen LogP contribution in [-0.2, 0) is 20.0 Å². The molecule has 0 aliphatic rings. The SMILES string of the molecule is COc1cc(N)ccc1Nc1ccc(S(=O)(=O)NS(C)(=O)=O)cc1[N+](=O)[O-]. The van der Waals surface area contributed by atoms with Crippen LogP contribution >= 0.6 is 0 Å². The van der Waals surface area contributed by atoms with Crippen LogP contribution in [-0.4, -0.2) is 35.1 Å². The van der Waals surface area contributed by atoms with E-state index in [2.05, 4.69) is 5.32 Å². The number of nitro benzene ring substituents is 1. The van der Waals surface area contributed by atoms with Crippen molar-refractivity contribution in [2.45, 2.75) is 4.90 Å². The number of nitrogens with one attached hydrogen (secondary N) is 2. The first kappa shape index (κ1) is 20.4. The first-order valence-corrected chi connectivity index (χ1v) is 10.5. The van der Waals surface area contributed by atoms with Crippen molar-refractivity contribution in [3.8, 4) is 5.75 Å². The van der Waals surface area contributed by atoms with Gasteiger partial charge in [0.25, 0.3) is 15.7 Å². The smallest absolute Gasteiger partial charge is 0.294 e. The number of rotatable bonds is 7. The molecule has 4 N–H and O–H groups in total. The highest BCUT2D eigenvalue weighted by Gasteiger charge is 2.24. The van der Waals surface area contributed by atoms with Crippen LogP contribution in [0.1, 0.15) is 0 Å². The number of anilines is 3. The third kappa shape index (κ3) is 5.06. The number of nitrogen functional groups attached to an aromatic ring is 1. The molecule has 0 unspecified atom stereocenters. The molecule has 0 spiro atoms. The van der Waals surface area contributed by atoms with Gasteiger partial charge in [-0.1, -0.05) is 0 Å². The quantitative estimate of drug-likeness (QED) is 0.340. The minimum absolute atomic E-state index is 0.0265. The zero-order valence-electron chi connectivity index (χ0n) is 14.2. The highest BCUT2D eigenvalue weighted by atomic mass is 32.3. The molecule has 27 heavy (non-hydrogen) atoms. The Kier molecular flexibility index (Phi) is 5.58. The second-order valence-corrected chi connectivity index (χ2v) is 9.07. The summed E-state index contributed by atoms with van der Waals surface area (Å²) in [6, 6.07) is 7.51. The van der Waals surface area contributed by atoms with Gasteiger partial charge >= 0.3 is 0 Å². The number of benzene rings is 2. The highest BCUT2D eigenvalue weighted by Crippen LogP contribution is 2.34. The fraction of sp³-hybridized carbons (Fsp3) is 0.143. The predicted octanol–water partition coefficient (Wildman–Crippen LogP) is 1.17. The van der Waals surface area contributed by atoms with Gasteiger partial charge in [-0.2, -0.15) is 0 Å². The summed E-state index contributed by atoms with van der Waals surface area (Å²) >= 11 is 0. The van der Waals surface area contributed by atoms with E-state index in [0.717, 1.165) is 18.2 Å². The molecule has 0 bridgehead atoms. The Labute approximate surface area is 155 Å². The number of nitro groups is 1. The largest absolute Gasteiger partial charge is 0.494 e. The molecule has 0 aromatic heterocycles. The van der Waals surface area contributed by atoms with Gasteiger partial charge in [0.2, 0.25) is 10.0 Å². The van der Waals surface area contributed by atoms with Crippen molar-refractivity contribution < 1.29 is 26.5 Å². The molecule has 0 aliphatic heterocycles. The third-order valence-corrected chi connectivity index (χ3v) is 6.20. The average Bonchev–Trinajstić information content (AvgIpc) is 2.54. The van der Waals surface area contributed by atoms with Crippen LogP contribution in [0.25, 0.3) is 0 Å². The van der Waals surface area contributed by atoms with Crippen LogP contribution in [0.15, 0.2) is 41.3 Å². The summed E-state index contributed by atoms with van der Waals surface area (Å²) in [7, 11) is -7.19. The van der Waals surface area contributed by atoms with Gasteiger partial charge in [-0.25, -0.2) is 16.8 Å².